The van der Waals surface area contributed by atoms with Gasteiger partial charge in [-0.25, -0.2) is 0 Å². The van der Waals surface area contributed by atoms with Crippen LogP contribution in [0.4, 0.5) is 0 Å². The summed E-state index contributed by atoms with van der Waals surface area (Å²) in [7, 11) is 2.11. The quantitative estimate of drug-likeness (QED) is 0.778. The number of hydrogen-bond donors (Lipinski definition) is 0. The standard InChI is InChI=1S/C15H15NO/c1-16-9-7-15-13(8-10-17-15)14(16)11-12-5-3-2-4-6-12/h2-10,14H,11H2,1H3/t14-/m1/s1. The molecule has 2 heteroatoms. The van der Waals surface area contributed by atoms with Crippen molar-refractivity contribution in [2.75, 3.05) is 7.05 Å². The van der Waals surface area contributed by atoms with Crippen molar-refractivity contribution in [2.24, 2.45) is 0 Å². The molecule has 0 spiro atoms. The second-order valence-corrected chi connectivity index (χ2v) is 4.43. The van der Waals surface area contributed by atoms with Crippen molar-refractivity contribution in [3.63, 3.8) is 0 Å². The van der Waals surface area contributed by atoms with Crippen LogP contribution in [-0.2, 0) is 6.42 Å². The molecule has 1 aliphatic heterocycles. The molecule has 2 nitrogen and oxygen atoms in total. The van der Waals surface area contributed by atoms with Gasteiger partial charge in [-0.1, -0.05) is 30.3 Å². The minimum absolute atomic E-state index is 0.371. The van der Waals surface area contributed by atoms with Gasteiger partial charge in [-0.3, -0.25) is 0 Å². The van der Waals surface area contributed by atoms with Gasteiger partial charge < -0.3 is 9.32 Å². The number of furan rings is 1. The van der Waals surface area contributed by atoms with Gasteiger partial charge >= 0.3 is 0 Å². The minimum Gasteiger partial charge on any atom is -0.465 e. The van der Waals surface area contributed by atoms with Gasteiger partial charge in [-0.05, 0) is 24.1 Å². The lowest BCUT2D eigenvalue weighted by atomic mass is 9.96. The van der Waals surface area contributed by atoms with Gasteiger partial charge in [-0.15, -0.1) is 0 Å². The summed E-state index contributed by atoms with van der Waals surface area (Å²) in [6, 6.07) is 13.0. The topological polar surface area (TPSA) is 16.4 Å². The van der Waals surface area contributed by atoms with Crippen molar-refractivity contribution in [3.8, 4) is 0 Å². The first-order valence-corrected chi connectivity index (χ1v) is 5.86. The van der Waals surface area contributed by atoms with E-state index in [4.69, 9.17) is 4.42 Å². The molecule has 0 saturated heterocycles. The van der Waals surface area contributed by atoms with Crippen LogP contribution < -0.4 is 0 Å². The monoisotopic (exact) mass is 225 g/mol. The van der Waals surface area contributed by atoms with Crippen molar-refractivity contribution < 1.29 is 4.42 Å². The van der Waals surface area contributed by atoms with Crippen molar-refractivity contribution in [2.45, 2.75) is 12.5 Å². The number of rotatable bonds is 2. The zero-order chi connectivity index (χ0) is 11.7. The molecule has 0 aliphatic carbocycles. The molecule has 2 heterocycles. The highest BCUT2D eigenvalue weighted by Gasteiger charge is 2.23. The molecule has 86 valence electrons. The number of benzene rings is 1. The second kappa shape index (κ2) is 4.13. The Kier molecular flexibility index (Phi) is 2.48. The second-order valence-electron chi connectivity index (χ2n) is 4.43. The molecule has 3 rings (SSSR count). The summed E-state index contributed by atoms with van der Waals surface area (Å²) < 4.78 is 5.46. The molecule has 0 radical (unpaired) electrons. The van der Waals surface area contributed by atoms with Crippen LogP contribution in [0, 0.1) is 0 Å². The predicted octanol–water partition coefficient (Wildman–Crippen LogP) is 3.48. The van der Waals surface area contributed by atoms with E-state index in [2.05, 4.69) is 54.5 Å². The van der Waals surface area contributed by atoms with E-state index < -0.39 is 0 Å². The summed E-state index contributed by atoms with van der Waals surface area (Å²) in [4.78, 5) is 2.24. The van der Waals surface area contributed by atoms with Crippen LogP contribution in [-0.4, -0.2) is 11.9 Å². The highest BCUT2D eigenvalue weighted by Crippen LogP contribution is 2.32. The molecule has 1 aromatic heterocycles. The summed E-state index contributed by atoms with van der Waals surface area (Å²) in [6.45, 7) is 0. The molecule has 0 amide bonds. The molecule has 1 atom stereocenters. The van der Waals surface area contributed by atoms with E-state index in [0.717, 1.165) is 12.2 Å². The maximum absolute atomic E-state index is 5.46. The molecule has 1 aromatic carbocycles. The van der Waals surface area contributed by atoms with Crippen LogP contribution in [0.25, 0.3) is 6.08 Å². The summed E-state index contributed by atoms with van der Waals surface area (Å²) in [5.74, 6) is 0.990. The average Bonchev–Trinajstić information content (AvgIpc) is 2.83. The van der Waals surface area contributed by atoms with E-state index in [1.54, 1.807) is 6.26 Å². The maximum atomic E-state index is 5.46. The highest BCUT2D eigenvalue weighted by atomic mass is 16.3. The van der Waals surface area contributed by atoms with Crippen LogP contribution in [0.3, 0.4) is 0 Å². The van der Waals surface area contributed by atoms with Crippen molar-refractivity contribution >= 4 is 6.08 Å². The largest absolute Gasteiger partial charge is 0.465 e. The first kappa shape index (κ1) is 10.2. The lowest BCUT2D eigenvalue weighted by Gasteiger charge is -2.29. The van der Waals surface area contributed by atoms with Crippen molar-refractivity contribution in [3.05, 3.63) is 65.7 Å². The van der Waals surface area contributed by atoms with Crippen LogP contribution >= 0.6 is 0 Å². The Labute approximate surface area is 101 Å². The van der Waals surface area contributed by atoms with Gasteiger partial charge in [0, 0.05) is 18.8 Å². The SMILES string of the molecule is CN1C=Cc2occc2[C@H]1Cc1ccccc1. The van der Waals surface area contributed by atoms with Crippen molar-refractivity contribution in [1.29, 1.82) is 0 Å². The van der Waals surface area contributed by atoms with E-state index in [9.17, 15) is 0 Å². The molecular formula is C15H15NO. The summed E-state index contributed by atoms with van der Waals surface area (Å²) >= 11 is 0. The third kappa shape index (κ3) is 1.86. The number of nitrogens with zero attached hydrogens (tertiary/aromatic N) is 1. The number of hydrogen-bond acceptors (Lipinski definition) is 2. The molecule has 2 aromatic rings. The average molecular weight is 225 g/mol. The molecule has 0 unspecified atom stereocenters. The van der Waals surface area contributed by atoms with Gasteiger partial charge in [0.2, 0.25) is 0 Å². The Hall–Kier alpha value is -1.96. The van der Waals surface area contributed by atoms with Gasteiger partial charge in [0.1, 0.15) is 5.76 Å². The zero-order valence-corrected chi connectivity index (χ0v) is 9.84. The highest BCUT2D eigenvalue weighted by molar-refractivity contribution is 5.51. The van der Waals surface area contributed by atoms with Crippen molar-refractivity contribution in [1.82, 2.24) is 4.90 Å². The van der Waals surface area contributed by atoms with Gasteiger partial charge in [0.15, 0.2) is 0 Å². The third-order valence-corrected chi connectivity index (χ3v) is 3.31. The molecule has 1 aliphatic rings. The number of likely N-dealkylation sites (N-methyl/N-ethyl adjacent to an activating group) is 1. The molecule has 0 bridgehead atoms. The fourth-order valence-electron chi connectivity index (χ4n) is 2.34. The van der Waals surface area contributed by atoms with Gasteiger partial charge in [-0.2, -0.15) is 0 Å². The Balaban J connectivity index is 1.91. The Morgan fingerprint density at radius 3 is 2.82 bits per heavy atom. The first-order chi connectivity index (χ1) is 8.34. The molecule has 0 fully saturated rings. The Bertz CT molecular complexity index is 527. The zero-order valence-electron chi connectivity index (χ0n) is 9.84. The van der Waals surface area contributed by atoms with Crippen LogP contribution in [0.2, 0.25) is 0 Å². The fraction of sp³-hybridized carbons (Fsp3) is 0.200. The normalized spacial score (nSPS) is 18.2. The van der Waals surface area contributed by atoms with Crippen LogP contribution in [0.15, 0.2) is 53.3 Å². The minimum atomic E-state index is 0.371. The Morgan fingerprint density at radius 1 is 1.18 bits per heavy atom. The molecule has 0 saturated carbocycles. The summed E-state index contributed by atoms with van der Waals surface area (Å²) in [6.07, 6.45) is 6.89. The van der Waals surface area contributed by atoms with E-state index in [-0.39, 0.29) is 0 Å². The lowest BCUT2D eigenvalue weighted by Crippen LogP contribution is -2.23. The van der Waals surface area contributed by atoms with E-state index >= 15 is 0 Å². The number of fused-ring (bicyclic) bond motifs is 1. The van der Waals surface area contributed by atoms with Crippen LogP contribution in [0.1, 0.15) is 22.9 Å². The van der Waals surface area contributed by atoms with Gasteiger partial charge in [0.25, 0.3) is 0 Å². The fourth-order valence-corrected chi connectivity index (χ4v) is 2.34. The smallest absolute Gasteiger partial charge is 0.133 e. The molecule has 0 N–H and O–H groups in total. The molecular weight excluding hydrogens is 210 g/mol. The van der Waals surface area contributed by atoms with Gasteiger partial charge in [0.05, 0.1) is 12.3 Å². The first-order valence-electron chi connectivity index (χ1n) is 5.86. The maximum Gasteiger partial charge on any atom is 0.133 e. The van der Waals surface area contributed by atoms with E-state index in [1.807, 2.05) is 6.08 Å². The Morgan fingerprint density at radius 2 is 2.00 bits per heavy atom. The molecule has 17 heavy (non-hydrogen) atoms. The predicted molar refractivity (Wildman–Crippen MR) is 68.4 cm³/mol. The lowest BCUT2D eigenvalue weighted by molar-refractivity contribution is 0.326. The van der Waals surface area contributed by atoms with Crippen LogP contribution in [0.5, 0.6) is 0 Å². The third-order valence-electron chi connectivity index (χ3n) is 3.31. The van der Waals surface area contributed by atoms with E-state index in [0.29, 0.717) is 6.04 Å². The van der Waals surface area contributed by atoms with E-state index in [1.165, 1.54) is 11.1 Å². The summed E-state index contributed by atoms with van der Waals surface area (Å²) in [5, 5.41) is 0. The summed E-state index contributed by atoms with van der Waals surface area (Å²) in [5.41, 5.74) is 2.63.